The lowest BCUT2D eigenvalue weighted by Gasteiger charge is -2.09. The van der Waals surface area contributed by atoms with Gasteiger partial charge in [0.2, 0.25) is 18.5 Å². The Morgan fingerprint density at radius 1 is 0.939 bits per heavy atom. The van der Waals surface area contributed by atoms with Crippen LogP contribution in [0.15, 0.2) is 58.1 Å². The second-order valence-corrected chi connectivity index (χ2v) is 7.92. The topological polar surface area (TPSA) is 102 Å². The summed E-state index contributed by atoms with van der Waals surface area (Å²) in [6.45, 7) is 2.72. The van der Waals surface area contributed by atoms with Crippen molar-refractivity contribution in [1.82, 2.24) is 20.3 Å². The summed E-state index contributed by atoms with van der Waals surface area (Å²) in [5, 5.41) is 13.5. The third kappa shape index (κ3) is 4.56. The number of rotatable bonds is 8. The van der Waals surface area contributed by atoms with E-state index in [9.17, 15) is 0 Å². The molecule has 0 saturated carbocycles. The molecule has 0 atom stereocenters. The molecule has 0 saturated heterocycles. The third-order valence-corrected chi connectivity index (χ3v) is 5.75. The van der Waals surface area contributed by atoms with E-state index in [-0.39, 0.29) is 6.79 Å². The lowest BCUT2D eigenvalue weighted by molar-refractivity contribution is 0.174. The van der Waals surface area contributed by atoms with Crippen molar-refractivity contribution in [2.75, 3.05) is 20.5 Å². The van der Waals surface area contributed by atoms with Crippen molar-refractivity contribution in [2.45, 2.75) is 17.7 Å². The van der Waals surface area contributed by atoms with Crippen LogP contribution in [0, 0.1) is 0 Å². The number of nitrogens with zero attached hydrogens (tertiary/aromatic N) is 4. The highest BCUT2D eigenvalue weighted by Gasteiger charge is 2.15. The summed E-state index contributed by atoms with van der Waals surface area (Å²) in [7, 11) is 1.60. The number of thioether (sulfide) groups is 1. The molecule has 0 bridgehead atoms. The molecule has 2 aromatic carbocycles. The van der Waals surface area contributed by atoms with Gasteiger partial charge in [-0.05, 0) is 55.5 Å². The SMILES string of the molecule is CCOc1ccc(-c2noc(CSc3ccc(-c4ccc5c(c4)OCO5)nn3)n2)cc1OC. The molecule has 3 heterocycles. The minimum absolute atomic E-state index is 0.240. The molecule has 0 N–H and O–H groups in total. The van der Waals surface area contributed by atoms with Gasteiger partial charge in [-0.1, -0.05) is 16.9 Å². The number of methoxy groups -OCH3 is 1. The fourth-order valence-corrected chi connectivity index (χ4v) is 3.91. The van der Waals surface area contributed by atoms with Crippen LogP contribution in [0.25, 0.3) is 22.6 Å². The van der Waals surface area contributed by atoms with Gasteiger partial charge in [-0.15, -0.1) is 10.2 Å². The molecule has 9 nitrogen and oxygen atoms in total. The summed E-state index contributed by atoms with van der Waals surface area (Å²) in [6.07, 6.45) is 0. The number of aromatic nitrogens is 4. The van der Waals surface area contributed by atoms with Crippen LogP contribution in [0.4, 0.5) is 0 Å². The zero-order valence-electron chi connectivity index (χ0n) is 18.0. The van der Waals surface area contributed by atoms with Crippen molar-refractivity contribution in [2.24, 2.45) is 0 Å². The van der Waals surface area contributed by atoms with Gasteiger partial charge >= 0.3 is 0 Å². The molecule has 0 fully saturated rings. The highest BCUT2D eigenvalue weighted by molar-refractivity contribution is 7.98. The summed E-state index contributed by atoms with van der Waals surface area (Å²) < 4.78 is 27.1. The normalized spacial score (nSPS) is 12.1. The van der Waals surface area contributed by atoms with E-state index in [2.05, 4.69) is 20.3 Å². The van der Waals surface area contributed by atoms with Gasteiger partial charge < -0.3 is 23.5 Å². The van der Waals surface area contributed by atoms with E-state index in [4.69, 9.17) is 23.5 Å². The second kappa shape index (κ2) is 9.37. The molecule has 168 valence electrons. The van der Waals surface area contributed by atoms with Crippen molar-refractivity contribution in [3.63, 3.8) is 0 Å². The van der Waals surface area contributed by atoms with Gasteiger partial charge in [-0.25, -0.2) is 0 Å². The Morgan fingerprint density at radius 2 is 1.82 bits per heavy atom. The Labute approximate surface area is 194 Å². The van der Waals surface area contributed by atoms with Crippen molar-refractivity contribution >= 4 is 11.8 Å². The molecule has 10 heteroatoms. The van der Waals surface area contributed by atoms with E-state index >= 15 is 0 Å². The summed E-state index contributed by atoms with van der Waals surface area (Å²) in [6, 6.07) is 15.1. The number of hydrogen-bond acceptors (Lipinski definition) is 10. The predicted octanol–water partition coefficient (Wildman–Crippen LogP) is 4.62. The van der Waals surface area contributed by atoms with E-state index < -0.39 is 0 Å². The van der Waals surface area contributed by atoms with Crippen LogP contribution >= 0.6 is 11.8 Å². The Bertz CT molecular complexity index is 1260. The largest absolute Gasteiger partial charge is 0.493 e. The van der Waals surface area contributed by atoms with E-state index in [1.165, 1.54) is 11.8 Å². The first kappa shape index (κ1) is 21.1. The fourth-order valence-electron chi connectivity index (χ4n) is 3.25. The second-order valence-electron chi connectivity index (χ2n) is 6.92. The molecule has 4 aromatic rings. The smallest absolute Gasteiger partial charge is 0.237 e. The molecule has 0 spiro atoms. The molecule has 0 amide bonds. The Kier molecular flexibility index (Phi) is 5.99. The summed E-state index contributed by atoms with van der Waals surface area (Å²) >= 11 is 1.46. The molecule has 0 unspecified atom stereocenters. The minimum atomic E-state index is 0.240. The maximum Gasteiger partial charge on any atom is 0.237 e. The number of hydrogen-bond donors (Lipinski definition) is 0. The molecule has 1 aliphatic rings. The first-order valence-corrected chi connectivity index (χ1v) is 11.2. The van der Waals surface area contributed by atoms with Gasteiger partial charge in [0.15, 0.2) is 23.0 Å². The monoisotopic (exact) mass is 464 g/mol. The van der Waals surface area contributed by atoms with E-state index in [1.807, 2.05) is 55.5 Å². The summed E-state index contributed by atoms with van der Waals surface area (Å²) in [5.74, 6) is 4.19. The van der Waals surface area contributed by atoms with Gasteiger partial charge in [-0.2, -0.15) is 4.98 Å². The van der Waals surface area contributed by atoms with Gasteiger partial charge in [-0.3, -0.25) is 0 Å². The van der Waals surface area contributed by atoms with Crippen molar-refractivity contribution in [3.8, 4) is 45.6 Å². The maximum absolute atomic E-state index is 5.55. The molecular weight excluding hydrogens is 444 g/mol. The quantitative estimate of drug-likeness (QED) is 0.343. The molecule has 2 aromatic heterocycles. The van der Waals surface area contributed by atoms with Gasteiger partial charge in [0.1, 0.15) is 5.03 Å². The summed E-state index contributed by atoms with van der Waals surface area (Å²) in [5.41, 5.74) is 2.45. The Hall–Kier alpha value is -3.79. The first-order valence-electron chi connectivity index (χ1n) is 10.2. The highest BCUT2D eigenvalue weighted by atomic mass is 32.2. The van der Waals surface area contributed by atoms with E-state index in [1.54, 1.807) is 7.11 Å². The number of benzene rings is 2. The maximum atomic E-state index is 5.55. The molecule has 1 aliphatic heterocycles. The van der Waals surface area contributed by atoms with Gasteiger partial charge in [0, 0.05) is 11.1 Å². The molecule has 5 rings (SSSR count). The first-order chi connectivity index (χ1) is 16.2. The average molecular weight is 465 g/mol. The van der Waals surface area contributed by atoms with Crippen LogP contribution < -0.4 is 18.9 Å². The average Bonchev–Trinajstić information content (AvgIpc) is 3.53. The standard InChI is InChI=1S/C23H20N4O5S/c1-3-29-17-8-5-15(11-19(17)28-2)23-24-21(32-27-23)12-33-22-9-6-16(25-26-22)14-4-7-18-20(10-14)31-13-30-18/h4-11H,3,12-13H2,1-2H3. The van der Waals surface area contributed by atoms with Crippen molar-refractivity contribution in [3.05, 3.63) is 54.4 Å². The van der Waals surface area contributed by atoms with Crippen LogP contribution in [0.1, 0.15) is 12.8 Å². The minimum Gasteiger partial charge on any atom is -0.493 e. The third-order valence-electron chi connectivity index (χ3n) is 4.84. The predicted molar refractivity (Wildman–Crippen MR) is 121 cm³/mol. The fraction of sp³-hybridized carbons (Fsp3) is 0.217. The highest BCUT2D eigenvalue weighted by Crippen LogP contribution is 2.36. The lowest BCUT2D eigenvalue weighted by atomic mass is 10.1. The Morgan fingerprint density at radius 3 is 2.64 bits per heavy atom. The van der Waals surface area contributed by atoms with Crippen LogP contribution in [-0.4, -0.2) is 40.8 Å². The van der Waals surface area contributed by atoms with E-state index in [0.717, 1.165) is 27.6 Å². The summed E-state index contributed by atoms with van der Waals surface area (Å²) in [4.78, 5) is 4.48. The number of fused-ring (bicyclic) bond motifs is 1. The molecular formula is C23H20N4O5S. The van der Waals surface area contributed by atoms with E-state index in [0.29, 0.717) is 41.3 Å². The van der Waals surface area contributed by atoms with Crippen LogP contribution in [-0.2, 0) is 5.75 Å². The van der Waals surface area contributed by atoms with Gasteiger partial charge in [0.05, 0.1) is 25.2 Å². The van der Waals surface area contributed by atoms with Crippen LogP contribution in [0.5, 0.6) is 23.0 Å². The van der Waals surface area contributed by atoms with Crippen LogP contribution in [0.3, 0.4) is 0 Å². The zero-order valence-corrected chi connectivity index (χ0v) is 18.8. The van der Waals surface area contributed by atoms with Crippen molar-refractivity contribution < 1.29 is 23.5 Å². The lowest BCUT2D eigenvalue weighted by Crippen LogP contribution is -1.95. The molecule has 0 radical (unpaired) electrons. The number of ether oxygens (including phenoxy) is 4. The Balaban J connectivity index is 1.23. The van der Waals surface area contributed by atoms with Crippen LogP contribution in [0.2, 0.25) is 0 Å². The molecule has 0 aliphatic carbocycles. The zero-order chi connectivity index (χ0) is 22.6. The van der Waals surface area contributed by atoms with Crippen molar-refractivity contribution in [1.29, 1.82) is 0 Å². The molecule has 33 heavy (non-hydrogen) atoms. The van der Waals surface area contributed by atoms with Gasteiger partial charge in [0.25, 0.3) is 0 Å².